The van der Waals surface area contributed by atoms with Gasteiger partial charge in [-0.2, -0.15) is 13.2 Å². The lowest BCUT2D eigenvalue weighted by molar-refractivity contribution is -0.138. The summed E-state index contributed by atoms with van der Waals surface area (Å²) in [6.45, 7) is -0.221. The van der Waals surface area contributed by atoms with Gasteiger partial charge in [0.2, 0.25) is 0 Å². The molecule has 32 heavy (non-hydrogen) atoms. The molecule has 7 heteroatoms. The van der Waals surface area contributed by atoms with Crippen molar-refractivity contribution in [3.8, 4) is 0 Å². The number of carboxylic acids is 1. The Morgan fingerprint density at radius 3 is 2.22 bits per heavy atom. The first-order valence-electron chi connectivity index (χ1n) is 9.83. The molecule has 0 aliphatic heterocycles. The molecular weight excluding hydrogens is 419 g/mol. The van der Waals surface area contributed by atoms with Gasteiger partial charge in [-0.1, -0.05) is 48.5 Å². The molecule has 0 radical (unpaired) electrons. The van der Waals surface area contributed by atoms with Gasteiger partial charge in [0.25, 0.3) is 5.56 Å². The zero-order chi connectivity index (χ0) is 22.9. The summed E-state index contributed by atoms with van der Waals surface area (Å²) in [7, 11) is 0. The van der Waals surface area contributed by atoms with E-state index < -0.39 is 17.7 Å². The zero-order valence-corrected chi connectivity index (χ0v) is 16.8. The van der Waals surface area contributed by atoms with Crippen LogP contribution in [0.25, 0.3) is 10.9 Å². The number of benzene rings is 3. The Kier molecular flexibility index (Phi) is 5.57. The van der Waals surface area contributed by atoms with Gasteiger partial charge in [0.1, 0.15) is 0 Å². The molecule has 1 aromatic heterocycles. The first kappa shape index (κ1) is 21.4. The van der Waals surface area contributed by atoms with Crippen LogP contribution >= 0.6 is 0 Å². The largest absolute Gasteiger partial charge is 0.478 e. The van der Waals surface area contributed by atoms with E-state index in [0.717, 1.165) is 17.0 Å². The van der Waals surface area contributed by atoms with Gasteiger partial charge >= 0.3 is 12.1 Å². The van der Waals surface area contributed by atoms with Crippen molar-refractivity contribution in [3.63, 3.8) is 0 Å². The maximum Gasteiger partial charge on any atom is 0.416 e. The quantitative estimate of drug-likeness (QED) is 0.458. The summed E-state index contributed by atoms with van der Waals surface area (Å²) in [6.07, 6.45) is -4.30. The number of alkyl halides is 3. The van der Waals surface area contributed by atoms with Crippen LogP contribution in [0.1, 0.15) is 32.6 Å². The van der Waals surface area contributed by atoms with E-state index in [1.165, 1.54) is 34.9 Å². The van der Waals surface area contributed by atoms with Crippen molar-refractivity contribution in [2.24, 2.45) is 0 Å². The minimum atomic E-state index is -4.53. The molecule has 0 saturated heterocycles. The number of hydrogen-bond acceptors (Lipinski definition) is 2. The minimum Gasteiger partial charge on any atom is -0.478 e. The normalized spacial score (nSPS) is 11.6. The SMILES string of the molecule is O=C(O)c1ccc(Cc2cc3ccccc3n(Cc3ccccc3C(F)(F)F)c2=O)cc1. The first-order chi connectivity index (χ1) is 15.2. The number of para-hydroxylation sites is 1. The van der Waals surface area contributed by atoms with Crippen LogP contribution < -0.4 is 5.56 Å². The predicted molar refractivity (Wildman–Crippen MR) is 115 cm³/mol. The number of halogens is 3. The van der Waals surface area contributed by atoms with E-state index >= 15 is 0 Å². The number of rotatable bonds is 5. The van der Waals surface area contributed by atoms with E-state index in [-0.39, 0.29) is 29.7 Å². The van der Waals surface area contributed by atoms with Crippen molar-refractivity contribution < 1.29 is 23.1 Å². The fraction of sp³-hybridized carbons (Fsp3) is 0.120. The molecule has 0 saturated carbocycles. The van der Waals surface area contributed by atoms with E-state index in [2.05, 4.69) is 0 Å². The molecular formula is C25H18F3NO3. The Balaban J connectivity index is 1.81. The molecule has 1 heterocycles. The summed E-state index contributed by atoms with van der Waals surface area (Å²) in [6, 6.07) is 20.2. The molecule has 0 atom stereocenters. The van der Waals surface area contributed by atoms with Crippen molar-refractivity contribution in [2.45, 2.75) is 19.1 Å². The van der Waals surface area contributed by atoms with Gasteiger partial charge in [-0.15, -0.1) is 0 Å². The van der Waals surface area contributed by atoms with Crippen molar-refractivity contribution >= 4 is 16.9 Å². The summed E-state index contributed by atoms with van der Waals surface area (Å²) in [4.78, 5) is 24.4. The number of carboxylic acid groups (broad SMARTS) is 1. The number of pyridine rings is 1. The van der Waals surface area contributed by atoms with Crippen LogP contribution in [-0.2, 0) is 19.1 Å². The molecule has 4 rings (SSSR count). The fourth-order valence-electron chi connectivity index (χ4n) is 3.76. The molecule has 0 fully saturated rings. The summed E-state index contributed by atoms with van der Waals surface area (Å²) >= 11 is 0. The first-order valence-corrected chi connectivity index (χ1v) is 9.83. The van der Waals surface area contributed by atoms with E-state index in [4.69, 9.17) is 5.11 Å². The third kappa shape index (κ3) is 4.27. The lowest BCUT2D eigenvalue weighted by Gasteiger charge is -2.17. The van der Waals surface area contributed by atoms with E-state index in [9.17, 15) is 22.8 Å². The predicted octanol–water partition coefficient (Wildman–Crippen LogP) is 5.36. The lowest BCUT2D eigenvalue weighted by atomic mass is 10.0. The molecule has 0 unspecified atom stereocenters. The summed E-state index contributed by atoms with van der Waals surface area (Å²) < 4.78 is 41.8. The number of aromatic nitrogens is 1. The van der Waals surface area contributed by atoms with Crippen LogP contribution in [0.15, 0.2) is 83.7 Å². The number of nitrogens with zero attached hydrogens (tertiary/aromatic N) is 1. The highest BCUT2D eigenvalue weighted by Crippen LogP contribution is 2.32. The van der Waals surface area contributed by atoms with Crippen molar-refractivity contribution in [1.82, 2.24) is 4.57 Å². The Bertz CT molecular complexity index is 1360. The molecule has 3 aromatic carbocycles. The standard InChI is InChI=1S/C25H18F3NO3/c26-25(27,28)21-7-3-1-6-19(21)15-29-22-8-4-2-5-18(22)14-20(23(29)30)13-16-9-11-17(12-10-16)24(31)32/h1-12,14H,13,15H2,(H,31,32). The summed E-state index contributed by atoms with van der Waals surface area (Å²) in [5.41, 5.74) is 0.664. The highest BCUT2D eigenvalue weighted by Gasteiger charge is 2.33. The Morgan fingerprint density at radius 2 is 1.53 bits per heavy atom. The number of aromatic carboxylic acids is 1. The number of fused-ring (bicyclic) bond motifs is 1. The second-order valence-corrected chi connectivity index (χ2v) is 7.45. The summed E-state index contributed by atoms with van der Waals surface area (Å²) in [5.74, 6) is -1.05. The third-order valence-corrected chi connectivity index (χ3v) is 5.32. The highest BCUT2D eigenvalue weighted by molar-refractivity contribution is 5.87. The van der Waals surface area contributed by atoms with Gasteiger partial charge in [0.15, 0.2) is 0 Å². The zero-order valence-electron chi connectivity index (χ0n) is 16.8. The van der Waals surface area contributed by atoms with Gasteiger partial charge < -0.3 is 9.67 Å². The van der Waals surface area contributed by atoms with Gasteiger partial charge in [0.05, 0.1) is 23.2 Å². The van der Waals surface area contributed by atoms with Crippen molar-refractivity contribution in [3.05, 3.63) is 117 Å². The highest BCUT2D eigenvalue weighted by atomic mass is 19.4. The van der Waals surface area contributed by atoms with Crippen LogP contribution in [0.4, 0.5) is 13.2 Å². The van der Waals surface area contributed by atoms with Gasteiger partial charge in [-0.25, -0.2) is 4.79 Å². The number of hydrogen-bond donors (Lipinski definition) is 1. The van der Waals surface area contributed by atoms with Crippen LogP contribution in [0.3, 0.4) is 0 Å². The Labute approximate surface area is 181 Å². The van der Waals surface area contributed by atoms with Crippen LogP contribution in [0.2, 0.25) is 0 Å². The maximum absolute atomic E-state index is 13.5. The molecule has 4 nitrogen and oxygen atoms in total. The van der Waals surface area contributed by atoms with E-state index in [0.29, 0.717) is 11.1 Å². The smallest absolute Gasteiger partial charge is 0.416 e. The van der Waals surface area contributed by atoms with Gasteiger partial charge in [-0.3, -0.25) is 4.79 Å². The van der Waals surface area contributed by atoms with Crippen LogP contribution in [0.5, 0.6) is 0 Å². The Morgan fingerprint density at radius 1 is 0.875 bits per heavy atom. The van der Waals surface area contributed by atoms with Gasteiger partial charge in [-0.05, 0) is 46.8 Å². The van der Waals surface area contributed by atoms with Crippen LogP contribution in [-0.4, -0.2) is 15.6 Å². The topological polar surface area (TPSA) is 59.3 Å². The third-order valence-electron chi connectivity index (χ3n) is 5.32. The molecule has 0 spiro atoms. The van der Waals surface area contributed by atoms with Crippen LogP contribution in [0, 0.1) is 0 Å². The fourth-order valence-corrected chi connectivity index (χ4v) is 3.76. The van der Waals surface area contributed by atoms with Gasteiger partial charge in [0, 0.05) is 12.0 Å². The minimum absolute atomic E-state index is 0.00946. The average Bonchev–Trinajstić information content (AvgIpc) is 2.76. The average molecular weight is 437 g/mol. The monoisotopic (exact) mass is 437 g/mol. The van der Waals surface area contributed by atoms with Crippen molar-refractivity contribution in [1.29, 1.82) is 0 Å². The molecule has 0 bridgehead atoms. The van der Waals surface area contributed by atoms with E-state index in [1.807, 2.05) is 0 Å². The molecule has 162 valence electrons. The summed E-state index contributed by atoms with van der Waals surface area (Å²) in [5, 5.41) is 9.78. The molecule has 1 N–H and O–H groups in total. The Hall–Kier alpha value is -3.87. The second-order valence-electron chi connectivity index (χ2n) is 7.45. The van der Waals surface area contributed by atoms with Crippen molar-refractivity contribution in [2.75, 3.05) is 0 Å². The second kappa shape index (κ2) is 8.34. The number of carbonyl (C=O) groups is 1. The molecule has 4 aromatic rings. The molecule has 0 aliphatic carbocycles. The van der Waals surface area contributed by atoms with E-state index in [1.54, 1.807) is 42.5 Å². The maximum atomic E-state index is 13.5. The molecule has 0 aliphatic rings. The molecule has 0 amide bonds. The lowest BCUT2D eigenvalue weighted by Crippen LogP contribution is -2.26.